The fourth-order valence-electron chi connectivity index (χ4n) is 8.67. The zero-order valence-electron chi connectivity index (χ0n) is 28.1. The third-order valence-electron chi connectivity index (χ3n) is 11.0. The number of hydrogen-bond acceptors (Lipinski definition) is 2. The van der Waals surface area contributed by atoms with Crippen molar-refractivity contribution >= 4 is 80.9 Å². The lowest BCUT2D eigenvalue weighted by atomic mass is 9.81. The maximum absolute atomic E-state index is 5.01. The van der Waals surface area contributed by atoms with Gasteiger partial charge in [0, 0.05) is 43.7 Å². The average molecular weight is 669 g/mol. The molecule has 51 heavy (non-hydrogen) atoms. The number of nitrogens with zero attached hydrogens (tertiary/aromatic N) is 2. The van der Waals surface area contributed by atoms with Crippen LogP contribution in [-0.4, -0.2) is 9.55 Å². The molecule has 0 amide bonds. The molecule has 2 nitrogen and oxygen atoms in total. The average Bonchev–Trinajstić information content (AvgIpc) is 3.73. The lowest BCUT2D eigenvalue weighted by molar-refractivity contribution is 0.781. The third-order valence-corrected chi connectivity index (χ3v) is 12.2. The van der Waals surface area contributed by atoms with Crippen molar-refractivity contribution in [2.24, 2.45) is 0 Å². The van der Waals surface area contributed by atoms with E-state index < -0.39 is 0 Å². The van der Waals surface area contributed by atoms with Gasteiger partial charge in [-0.15, -0.1) is 11.3 Å². The van der Waals surface area contributed by atoms with E-state index >= 15 is 0 Å². The van der Waals surface area contributed by atoms with Gasteiger partial charge in [0.1, 0.15) is 0 Å². The van der Waals surface area contributed by atoms with Gasteiger partial charge in [0.25, 0.3) is 0 Å². The summed E-state index contributed by atoms with van der Waals surface area (Å²) in [6.45, 7) is 2.36. The molecular weight excluding hydrogens is 637 g/mol. The summed E-state index contributed by atoms with van der Waals surface area (Å²) in [5.41, 5.74) is 11.0. The van der Waals surface area contributed by atoms with Gasteiger partial charge in [0.15, 0.2) is 0 Å². The van der Waals surface area contributed by atoms with Crippen LogP contribution in [0.15, 0.2) is 152 Å². The van der Waals surface area contributed by atoms with Crippen LogP contribution < -0.4 is 0 Å². The van der Waals surface area contributed by atoms with Crippen LogP contribution in [0, 0.1) is 0 Å². The van der Waals surface area contributed by atoms with E-state index in [1.165, 1.54) is 91.5 Å². The molecule has 1 aliphatic rings. The number of thiophene rings is 1. The molecule has 0 spiro atoms. The predicted octanol–water partition coefficient (Wildman–Crippen LogP) is 13.7. The minimum Gasteiger partial charge on any atom is -0.309 e. The fourth-order valence-corrected chi connectivity index (χ4v) is 9.71. The zero-order valence-corrected chi connectivity index (χ0v) is 28.9. The second-order valence-corrected chi connectivity index (χ2v) is 15.1. The summed E-state index contributed by atoms with van der Waals surface area (Å²) in [6, 6.07) is 51.5. The molecule has 0 fully saturated rings. The number of allylic oxidation sites excluding steroid dienone is 1. The number of aromatic nitrogens is 2. The van der Waals surface area contributed by atoms with Crippen molar-refractivity contribution in [1.82, 2.24) is 9.55 Å². The van der Waals surface area contributed by atoms with Crippen LogP contribution in [0.3, 0.4) is 0 Å². The Morgan fingerprint density at radius 3 is 2.08 bits per heavy atom. The fraction of sp³-hybridized carbons (Fsp3) is 0.0625. The Balaban J connectivity index is 1.04. The van der Waals surface area contributed by atoms with Crippen LogP contribution in [0.4, 0.5) is 0 Å². The number of rotatable bonds is 3. The SMILES string of the molecule is CC1CC=Cc2c1c1ccc(-c3cccc(-c4cc5c(cn4)sc4ccc(-n6c7ccccc7c7ccccc76)cc45)c3)cc1c1ccccc21. The summed E-state index contributed by atoms with van der Waals surface area (Å²) in [7, 11) is 0. The standard InChI is InChI=1S/C48H32N2S/c1-29-10-8-17-38-34-13-2-3-14-35(34)40-25-31(20-22-39(40)48(29)38)30-11-9-12-32(24-30)43-27-42-41-26-33(21-23-46(41)51-47(42)28-49-43)50-44-18-6-4-15-36(44)37-16-5-7-19-45(37)50/h2-9,11-29H,10H2,1H3. The minimum absolute atomic E-state index is 0.499. The van der Waals surface area contributed by atoms with Crippen LogP contribution in [-0.2, 0) is 0 Å². The third kappa shape index (κ3) is 4.32. The van der Waals surface area contributed by atoms with Gasteiger partial charge in [-0.1, -0.05) is 110 Å². The molecule has 1 aliphatic carbocycles. The molecule has 0 N–H and O–H groups in total. The summed E-state index contributed by atoms with van der Waals surface area (Å²) in [4.78, 5) is 5.01. The number of para-hydroxylation sites is 2. The first-order valence-electron chi connectivity index (χ1n) is 17.8. The first-order chi connectivity index (χ1) is 25.2. The van der Waals surface area contributed by atoms with E-state index in [9.17, 15) is 0 Å². The Kier molecular flexibility index (Phi) is 6.20. The molecule has 1 atom stereocenters. The van der Waals surface area contributed by atoms with E-state index in [1.807, 2.05) is 11.3 Å². The van der Waals surface area contributed by atoms with E-state index in [2.05, 4.69) is 169 Å². The van der Waals surface area contributed by atoms with Crippen molar-refractivity contribution in [3.05, 3.63) is 163 Å². The Labute approximate surface area is 299 Å². The molecule has 0 saturated carbocycles. The molecular formula is C48H32N2S. The summed E-state index contributed by atoms with van der Waals surface area (Å²) >= 11 is 1.81. The van der Waals surface area contributed by atoms with E-state index in [-0.39, 0.29) is 0 Å². The van der Waals surface area contributed by atoms with Crippen LogP contribution in [0.1, 0.15) is 30.4 Å². The highest BCUT2D eigenvalue weighted by Crippen LogP contribution is 2.43. The lowest BCUT2D eigenvalue weighted by Crippen LogP contribution is -2.02. The van der Waals surface area contributed by atoms with Gasteiger partial charge >= 0.3 is 0 Å². The Hall–Kier alpha value is -6.03. The van der Waals surface area contributed by atoms with Crippen molar-refractivity contribution in [1.29, 1.82) is 0 Å². The van der Waals surface area contributed by atoms with E-state index in [1.54, 1.807) is 0 Å². The predicted molar refractivity (Wildman–Crippen MR) is 219 cm³/mol. The minimum atomic E-state index is 0.499. The molecule has 1 unspecified atom stereocenters. The van der Waals surface area contributed by atoms with E-state index in [0.717, 1.165) is 17.7 Å². The smallest absolute Gasteiger partial charge is 0.0709 e. The maximum Gasteiger partial charge on any atom is 0.0709 e. The molecule has 0 aliphatic heterocycles. The number of hydrogen-bond donors (Lipinski definition) is 0. The van der Waals surface area contributed by atoms with Crippen molar-refractivity contribution in [3.63, 3.8) is 0 Å². The first kappa shape index (κ1) is 28.8. The topological polar surface area (TPSA) is 17.8 Å². The second kappa shape index (κ2) is 11.0. The van der Waals surface area contributed by atoms with Crippen LogP contribution >= 0.6 is 11.3 Å². The molecule has 3 aromatic heterocycles. The van der Waals surface area contributed by atoms with Crippen LogP contribution in [0.25, 0.3) is 97.7 Å². The van der Waals surface area contributed by atoms with Crippen molar-refractivity contribution in [2.45, 2.75) is 19.3 Å². The number of pyridine rings is 1. The molecule has 0 radical (unpaired) electrons. The second-order valence-electron chi connectivity index (χ2n) is 14.0. The maximum atomic E-state index is 5.01. The summed E-state index contributed by atoms with van der Waals surface area (Å²) < 4.78 is 4.88. The number of benzene rings is 7. The van der Waals surface area contributed by atoms with Crippen molar-refractivity contribution < 1.29 is 0 Å². The lowest BCUT2D eigenvalue weighted by Gasteiger charge is -2.23. The highest BCUT2D eigenvalue weighted by atomic mass is 32.1. The molecule has 10 aromatic rings. The quantitative estimate of drug-likeness (QED) is 0.171. The van der Waals surface area contributed by atoms with Gasteiger partial charge < -0.3 is 4.57 Å². The van der Waals surface area contributed by atoms with Crippen molar-refractivity contribution in [3.8, 4) is 28.1 Å². The van der Waals surface area contributed by atoms with Crippen molar-refractivity contribution in [2.75, 3.05) is 0 Å². The molecule has 0 bridgehead atoms. The van der Waals surface area contributed by atoms with E-state index in [4.69, 9.17) is 4.98 Å². The Morgan fingerprint density at radius 1 is 0.549 bits per heavy atom. The van der Waals surface area contributed by atoms with Gasteiger partial charge in [-0.2, -0.15) is 0 Å². The molecule has 7 aromatic carbocycles. The highest BCUT2D eigenvalue weighted by molar-refractivity contribution is 7.25. The Morgan fingerprint density at radius 2 is 1.25 bits per heavy atom. The summed E-state index contributed by atoms with van der Waals surface area (Å²) in [6.07, 6.45) is 7.81. The zero-order chi connectivity index (χ0) is 33.6. The van der Waals surface area contributed by atoms with Gasteiger partial charge in [0.2, 0.25) is 0 Å². The summed E-state index contributed by atoms with van der Waals surface area (Å²) in [5, 5.41) is 10.4. The molecule has 11 rings (SSSR count). The van der Waals surface area contributed by atoms with Gasteiger partial charge in [-0.3, -0.25) is 4.98 Å². The molecule has 3 heterocycles. The van der Waals surface area contributed by atoms with Crippen LogP contribution in [0.5, 0.6) is 0 Å². The molecule has 0 saturated heterocycles. The normalized spacial score (nSPS) is 14.4. The van der Waals surface area contributed by atoms with Gasteiger partial charge in [-0.05, 0) is 105 Å². The molecule has 240 valence electrons. The Bertz CT molecular complexity index is 3030. The number of fused-ring (bicyclic) bond motifs is 12. The highest BCUT2D eigenvalue weighted by Gasteiger charge is 2.20. The van der Waals surface area contributed by atoms with Gasteiger partial charge in [0.05, 0.1) is 21.4 Å². The largest absolute Gasteiger partial charge is 0.309 e. The summed E-state index contributed by atoms with van der Waals surface area (Å²) in [5.74, 6) is 0.499. The monoisotopic (exact) mass is 668 g/mol. The molecule has 3 heteroatoms. The van der Waals surface area contributed by atoms with Gasteiger partial charge in [-0.25, -0.2) is 0 Å². The van der Waals surface area contributed by atoms with E-state index in [0.29, 0.717) is 5.92 Å². The van der Waals surface area contributed by atoms with Crippen LogP contribution in [0.2, 0.25) is 0 Å². The first-order valence-corrected chi connectivity index (χ1v) is 18.6.